The summed E-state index contributed by atoms with van der Waals surface area (Å²) >= 11 is 0. The molecule has 0 aliphatic carbocycles. The minimum atomic E-state index is -3.21. The Morgan fingerprint density at radius 1 is 1.30 bits per heavy atom. The van der Waals surface area contributed by atoms with Gasteiger partial charge in [-0.25, -0.2) is 13.1 Å². The zero-order valence-electron chi connectivity index (χ0n) is 12.4. The van der Waals surface area contributed by atoms with E-state index in [2.05, 4.69) is 4.72 Å². The molecule has 20 heavy (non-hydrogen) atoms. The molecular weight excluding hydrogens is 276 g/mol. The highest BCUT2D eigenvalue weighted by atomic mass is 32.2. The Morgan fingerprint density at radius 3 is 2.70 bits per heavy atom. The first-order valence-corrected chi connectivity index (χ1v) is 8.33. The molecule has 0 fully saturated rings. The highest BCUT2D eigenvalue weighted by Gasteiger charge is 2.10. The van der Waals surface area contributed by atoms with Gasteiger partial charge in [0.25, 0.3) is 0 Å². The summed E-state index contributed by atoms with van der Waals surface area (Å²) in [4.78, 5) is 2.03. The van der Waals surface area contributed by atoms with Crippen molar-refractivity contribution in [1.29, 1.82) is 0 Å². The van der Waals surface area contributed by atoms with Crippen LogP contribution in [0.15, 0.2) is 24.3 Å². The van der Waals surface area contributed by atoms with Gasteiger partial charge in [0.15, 0.2) is 0 Å². The van der Waals surface area contributed by atoms with E-state index in [-0.39, 0.29) is 5.75 Å². The van der Waals surface area contributed by atoms with Crippen molar-refractivity contribution in [2.45, 2.75) is 12.8 Å². The third-order valence-corrected chi connectivity index (χ3v) is 4.28. The van der Waals surface area contributed by atoms with Gasteiger partial charge in [0, 0.05) is 6.54 Å². The zero-order chi connectivity index (χ0) is 15.0. The molecule has 0 amide bonds. The number of sulfonamides is 1. The molecule has 1 aromatic carbocycles. The molecule has 114 valence electrons. The van der Waals surface area contributed by atoms with Gasteiger partial charge in [0.1, 0.15) is 5.75 Å². The van der Waals surface area contributed by atoms with Crippen LogP contribution in [0.25, 0.3) is 0 Å². The monoisotopic (exact) mass is 300 g/mol. The van der Waals surface area contributed by atoms with Gasteiger partial charge in [0.05, 0.1) is 12.9 Å². The Balaban J connectivity index is 2.38. The Morgan fingerprint density at radius 2 is 2.05 bits per heavy atom. The lowest BCUT2D eigenvalue weighted by Gasteiger charge is -2.10. The molecule has 0 unspecified atom stereocenters. The Hall–Kier alpha value is -1.11. The molecule has 0 atom stereocenters. The van der Waals surface area contributed by atoms with Crippen molar-refractivity contribution in [2.24, 2.45) is 0 Å². The molecule has 0 spiro atoms. The largest absolute Gasteiger partial charge is 0.497 e. The summed E-state index contributed by atoms with van der Waals surface area (Å²) in [6.07, 6.45) is 1.30. The fraction of sp³-hybridized carbons (Fsp3) is 0.571. The molecular formula is C14H24N2O3S. The van der Waals surface area contributed by atoms with Crippen LogP contribution in [0.5, 0.6) is 5.75 Å². The van der Waals surface area contributed by atoms with Crippen LogP contribution < -0.4 is 9.46 Å². The zero-order valence-corrected chi connectivity index (χ0v) is 13.2. The second-order valence-electron chi connectivity index (χ2n) is 4.97. The minimum Gasteiger partial charge on any atom is -0.497 e. The standard InChI is InChI=1S/C14H24N2O3S/c1-16(2)10-5-9-15-20(17,18)11-8-13-6-4-7-14(12-13)19-3/h4,6-7,12,15H,5,8-11H2,1-3H3. The van der Waals surface area contributed by atoms with Crippen molar-refractivity contribution in [2.75, 3.05) is 40.0 Å². The van der Waals surface area contributed by atoms with Crippen molar-refractivity contribution in [3.63, 3.8) is 0 Å². The van der Waals surface area contributed by atoms with Crippen LogP contribution in [0.4, 0.5) is 0 Å². The molecule has 0 radical (unpaired) electrons. The first-order chi connectivity index (χ1) is 9.43. The molecule has 1 rings (SSSR count). The first-order valence-electron chi connectivity index (χ1n) is 6.68. The number of hydrogen-bond donors (Lipinski definition) is 1. The van der Waals surface area contributed by atoms with Crippen molar-refractivity contribution in [3.8, 4) is 5.75 Å². The maximum Gasteiger partial charge on any atom is 0.211 e. The van der Waals surface area contributed by atoms with Gasteiger partial charge in [-0.2, -0.15) is 0 Å². The fourth-order valence-electron chi connectivity index (χ4n) is 1.78. The number of rotatable bonds is 9. The molecule has 6 heteroatoms. The first kappa shape index (κ1) is 16.9. The summed E-state index contributed by atoms with van der Waals surface area (Å²) in [5, 5.41) is 0. The van der Waals surface area contributed by atoms with Crippen LogP contribution in [0.3, 0.4) is 0 Å². The van der Waals surface area contributed by atoms with E-state index < -0.39 is 10.0 Å². The second kappa shape index (κ2) is 8.24. The van der Waals surface area contributed by atoms with Crippen LogP contribution in [-0.4, -0.2) is 53.4 Å². The maximum absolute atomic E-state index is 11.8. The number of nitrogens with one attached hydrogen (secondary N) is 1. The van der Waals surface area contributed by atoms with E-state index in [0.29, 0.717) is 13.0 Å². The van der Waals surface area contributed by atoms with Crippen LogP contribution >= 0.6 is 0 Å². The van der Waals surface area contributed by atoms with E-state index >= 15 is 0 Å². The van der Waals surface area contributed by atoms with Crippen molar-refractivity contribution in [3.05, 3.63) is 29.8 Å². The lowest BCUT2D eigenvalue weighted by atomic mass is 10.2. The average Bonchev–Trinajstić information content (AvgIpc) is 2.42. The van der Waals surface area contributed by atoms with Crippen LogP contribution in [0.1, 0.15) is 12.0 Å². The average molecular weight is 300 g/mol. The van der Waals surface area contributed by atoms with E-state index in [9.17, 15) is 8.42 Å². The van der Waals surface area contributed by atoms with Crippen LogP contribution in [-0.2, 0) is 16.4 Å². The summed E-state index contributed by atoms with van der Waals surface area (Å²) in [5.41, 5.74) is 0.961. The molecule has 0 bridgehead atoms. The third-order valence-electron chi connectivity index (χ3n) is 2.90. The fourth-order valence-corrected chi connectivity index (χ4v) is 2.88. The molecule has 0 saturated carbocycles. The Bertz CT molecular complexity index is 501. The smallest absolute Gasteiger partial charge is 0.211 e. The topological polar surface area (TPSA) is 58.6 Å². The van der Waals surface area contributed by atoms with Gasteiger partial charge in [-0.1, -0.05) is 12.1 Å². The van der Waals surface area contributed by atoms with E-state index in [0.717, 1.165) is 24.3 Å². The molecule has 5 nitrogen and oxygen atoms in total. The van der Waals surface area contributed by atoms with E-state index in [1.165, 1.54) is 0 Å². The van der Waals surface area contributed by atoms with E-state index in [4.69, 9.17) is 4.74 Å². The molecule has 1 N–H and O–H groups in total. The van der Waals surface area contributed by atoms with Gasteiger partial charge < -0.3 is 9.64 Å². The van der Waals surface area contributed by atoms with E-state index in [1.54, 1.807) is 7.11 Å². The van der Waals surface area contributed by atoms with Crippen molar-refractivity contribution < 1.29 is 13.2 Å². The van der Waals surface area contributed by atoms with Gasteiger partial charge in [-0.15, -0.1) is 0 Å². The maximum atomic E-state index is 11.8. The third kappa shape index (κ3) is 6.88. The summed E-state index contributed by atoms with van der Waals surface area (Å²) in [6, 6.07) is 7.48. The number of hydrogen-bond acceptors (Lipinski definition) is 4. The minimum absolute atomic E-state index is 0.0993. The van der Waals surface area contributed by atoms with Crippen molar-refractivity contribution >= 4 is 10.0 Å². The molecule has 0 aliphatic rings. The molecule has 1 aromatic rings. The van der Waals surface area contributed by atoms with Crippen LogP contribution in [0, 0.1) is 0 Å². The summed E-state index contributed by atoms with van der Waals surface area (Å²) in [5.74, 6) is 0.848. The summed E-state index contributed by atoms with van der Waals surface area (Å²) in [7, 11) is 2.33. The number of benzene rings is 1. The Kier molecular flexibility index (Phi) is 6.98. The number of ether oxygens (including phenoxy) is 1. The molecule has 0 heterocycles. The predicted molar refractivity (Wildman–Crippen MR) is 81.7 cm³/mol. The van der Waals surface area contributed by atoms with Gasteiger partial charge in [0.2, 0.25) is 10.0 Å². The highest BCUT2D eigenvalue weighted by molar-refractivity contribution is 7.89. The highest BCUT2D eigenvalue weighted by Crippen LogP contribution is 2.13. The second-order valence-corrected chi connectivity index (χ2v) is 6.90. The summed E-state index contributed by atoms with van der Waals surface area (Å²) in [6.45, 7) is 1.36. The van der Waals surface area contributed by atoms with Gasteiger partial charge >= 0.3 is 0 Å². The number of aryl methyl sites for hydroxylation is 1. The van der Waals surface area contributed by atoms with Gasteiger partial charge in [-0.3, -0.25) is 0 Å². The number of nitrogens with zero attached hydrogens (tertiary/aromatic N) is 1. The van der Waals surface area contributed by atoms with Crippen molar-refractivity contribution in [1.82, 2.24) is 9.62 Å². The lowest BCUT2D eigenvalue weighted by Crippen LogP contribution is -2.30. The van der Waals surface area contributed by atoms with Crippen LogP contribution in [0.2, 0.25) is 0 Å². The normalized spacial score (nSPS) is 11.8. The van der Waals surface area contributed by atoms with Gasteiger partial charge in [-0.05, 0) is 51.2 Å². The SMILES string of the molecule is COc1cccc(CCS(=O)(=O)NCCCN(C)C)c1. The Labute approximate surface area is 122 Å². The quantitative estimate of drug-likeness (QED) is 0.694. The predicted octanol–water partition coefficient (Wildman–Crippen LogP) is 1.11. The number of methoxy groups -OCH3 is 1. The van der Waals surface area contributed by atoms with E-state index in [1.807, 2.05) is 43.3 Å². The molecule has 0 aliphatic heterocycles. The summed E-state index contributed by atoms with van der Waals surface area (Å²) < 4.78 is 31.4. The molecule has 0 aromatic heterocycles. The molecule has 0 saturated heterocycles. The lowest BCUT2D eigenvalue weighted by molar-refractivity contribution is 0.400.